The molecule has 0 radical (unpaired) electrons. The number of nitrogens with zero attached hydrogens (tertiary/aromatic N) is 1. The normalized spacial score (nSPS) is 11.1. The van der Waals surface area contributed by atoms with Gasteiger partial charge >= 0.3 is 5.97 Å². The quantitative estimate of drug-likeness (QED) is 0.829. The number of aromatic nitrogens is 1. The number of halogens is 2. The summed E-state index contributed by atoms with van der Waals surface area (Å²) in [6.45, 7) is 0. The molecule has 2 aromatic rings. The maximum Gasteiger partial charge on any atom is 0.337 e. The monoisotopic (exact) mass is 346 g/mol. The molecule has 1 aromatic carbocycles. The summed E-state index contributed by atoms with van der Waals surface area (Å²) in [7, 11) is -4.06. The zero-order valence-corrected chi connectivity index (χ0v) is 12.6. The molecule has 1 heterocycles. The van der Waals surface area contributed by atoms with Crippen LogP contribution in [0.5, 0.6) is 0 Å². The highest BCUT2D eigenvalue weighted by Crippen LogP contribution is 2.25. The molecule has 0 aliphatic rings. The zero-order valence-electron chi connectivity index (χ0n) is 10.2. The number of anilines is 1. The fourth-order valence-corrected chi connectivity index (χ4v) is 3.26. The minimum atomic E-state index is -4.06. The number of carbonyl (C=O) groups is 1. The summed E-state index contributed by atoms with van der Waals surface area (Å²) in [5.74, 6) is -1.31. The van der Waals surface area contributed by atoms with E-state index in [-0.39, 0.29) is 26.3 Å². The Labute approximate surface area is 130 Å². The van der Waals surface area contributed by atoms with Gasteiger partial charge in [0.25, 0.3) is 10.0 Å². The van der Waals surface area contributed by atoms with Crippen LogP contribution in [0.4, 0.5) is 5.69 Å². The Morgan fingerprint density at radius 2 is 1.95 bits per heavy atom. The molecule has 0 aliphatic carbocycles. The van der Waals surface area contributed by atoms with Gasteiger partial charge in [-0.05, 0) is 30.3 Å². The Kier molecular flexibility index (Phi) is 4.36. The average Bonchev–Trinajstić information content (AvgIpc) is 2.40. The molecule has 0 spiro atoms. The van der Waals surface area contributed by atoms with Crippen LogP contribution in [-0.4, -0.2) is 24.5 Å². The van der Waals surface area contributed by atoms with E-state index in [2.05, 4.69) is 9.71 Å². The first-order valence-corrected chi connectivity index (χ1v) is 7.71. The van der Waals surface area contributed by atoms with Crippen LogP contribution in [0, 0.1) is 0 Å². The van der Waals surface area contributed by atoms with E-state index in [0.29, 0.717) is 0 Å². The van der Waals surface area contributed by atoms with Crippen molar-refractivity contribution < 1.29 is 18.3 Å². The summed E-state index contributed by atoms with van der Waals surface area (Å²) in [5, 5.41) is 9.04. The first kappa shape index (κ1) is 15.6. The van der Waals surface area contributed by atoms with Gasteiger partial charge in [0.15, 0.2) is 0 Å². The highest BCUT2D eigenvalue weighted by atomic mass is 35.5. The lowest BCUT2D eigenvalue weighted by Crippen LogP contribution is -2.16. The molecule has 0 atom stereocenters. The van der Waals surface area contributed by atoms with Gasteiger partial charge in [-0.15, -0.1) is 0 Å². The third-order valence-corrected chi connectivity index (χ3v) is 4.52. The molecule has 0 amide bonds. The van der Waals surface area contributed by atoms with Gasteiger partial charge < -0.3 is 5.11 Å². The van der Waals surface area contributed by atoms with Crippen LogP contribution in [0.15, 0.2) is 41.4 Å². The predicted octanol–water partition coefficient (Wildman–Crippen LogP) is 2.89. The van der Waals surface area contributed by atoms with Crippen LogP contribution in [0.2, 0.25) is 10.2 Å². The lowest BCUT2D eigenvalue weighted by Gasteiger charge is -2.11. The molecule has 2 N–H and O–H groups in total. The maximum absolute atomic E-state index is 12.2. The molecule has 0 unspecified atom stereocenters. The van der Waals surface area contributed by atoms with E-state index in [9.17, 15) is 13.2 Å². The van der Waals surface area contributed by atoms with Gasteiger partial charge in [0.2, 0.25) is 0 Å². The number of carboxylic acid groups (broad SMARTS) is 1. The molecular formula is C12H8Cl2N2O4S. The molecule has 0 fully saturated rings. The number of carboxylic acids is 1. The van der Waals surface area contributed by atoms with Crippen LogP contribution in [-0.2, 0) is 10.0 Å². The Bertz CT molecular complexity index is 809. The summed E-state index contributed by atoms with van der Waals surface area (Å²) in [6.07, 6.45) is 1.34. The van der Waals surface area contributed by atoms with Crippen molar-refractivity contribution in [2.45, 2.75) is 4.90 Å². The molecule has 9 heteroatoms. The molecule has 0 saturated heterocycles. The van der Waals surface area contributed by atoms with Crippen LogP contribution in [0.1, 0.15) is 10.4 Å². The van der Waals surface area contributed by atoms with Crippen LogP contribution in [0.3, 0.4) is 0 Å². The lowest BCUT2D eigenvalue weighted by molar-refractivity contribution is 0.0698. The standard InChI is InChI=1S/C12H8Cl2N2O4S/c13-7-3-4-9(8(6-7)12(17)18)16-21(19,20)10-2-1-5-15-11(10)14/h1-6,16H,(H,17,18). The molecule has 1 aromatic heterocycles. The Balaban J connectivity index is 2.47. The van der Waals surface area contributed by atoms with E-state index in [1.165, 1.54) is 30.5 Å². The number of pyridine rings is 1. The minimum absolute atomic E-state index is 0.119. The van der Waals surface area contributed by atoms with Crippen molar-refractivity contribution in [1.82, 2.24) is 4.98 Å². The number of benzene rings is 1. The molecule has 0 aliphatic heterocycles. The lowest BCUT2D eigenvalue weighted by atomic mass is 10.2. The second-order valence-electron chi connectivity index (χ2n) is 3.89. The maximum atomic E-state index is 12.2. The summed E-state index contributed by atoms with van der Waals surface area (Å²) in [6, 6.07) is 6.44. The van der Waals surface area contributed by atoms with E-state index in [1.807, 2.05) is 0 Å². The van der Waals surface area contributed by atoms with Gasteiger partial charge in [0, 0.05) is 11.2 Å². The highest BCUT2D eigenvalue weighted by molar-refractivity contribution is 7.92. The van der Waals surface area contributed by atoms with Gasteiger partial charge in [0.1, 0.15) is 10.0 Å². The molecule has 21 heavy (non-hydrogen) atoms. The Hall–Kier alpha value is -1.83. The van der Waals surface area contributed by atoms with Crippen LogP contribution >= 0.6 is 23.2 Å². The minimum Gasteiger partial charge on any atom is -0.478 e. The third kappa shape index (κ3) is 3.44. The number of aromatic carboxylic acids is 1. The second kappa shape index (κ2) is 5.88. The van der Waals surface area contributed by atoms with Gasteiger partial charge in [-0.1, -0.05) is 23.2 Å². The van der Waals surface area contributed by atoms with Gasteiger partial charge in [-0.3, -0.25) is 4.72 Å². The van der Waals surface area contributed by atoms with Crippen LogP contribution < -0.4 is 4.72 Å². The number of nitrogens with one attached hydrogen (secondary N) is 1. The first-order chi connectivity index (χ1) is 9.81. The SMILES string of the molecule is O=C(O)c1cc(Cl)ccc1NS(=O)(=O)c1cccnc1Cl. The summed E-state index contributed by atoms with van der Waals surface area (Å²) in [4.78, 5) is 14.5. The largest absolute Gasteiger partial charge is 0.478 e. The molecule has 0 bridgehead atoms. The van der Waals surface area contributed by atoms with E-state index in [0.717, 1.165) is 6.07 Å². The average molecular weight is 347 g/mol. The molecule has 110 valence electrons. The van der Waals surface area contributed by atoms with E-state index >= 15 is 0 Å². The Morgan fingerprint density at radius 1 is 1.24 bits per heavy atom. The fraction of sp³-hybridized carbons (Fsp3) is 0. The van der Waals surface area contributed by atoms with Crippen LogP contribution in [0.25, 0.3) is 0 Å². The smallest absolute Gasteiger partial charge is 0.337 e. The molecular weight excluding hydrogens is 339 g/mol. The first-order valence-electron chi connectivity index (χ1n) is 5.47. The topological polar surface area (TPSA) is 96.4 Å². The highest BCUT2D eigenvalue weighted by Gasteiger charge is 2.21. The van der Waals surface area contributed by atoms with Crippen molar-refractivity contribution in [2.24, 2.45) is 0 Å². The van der Waals surface area contributed by atoms with Crippen molar-refractivity contribution in [1.29, 1.82) is 0 Å². The van der Waals surface area contributed by atoms with E-state index < -0.39 is 16.0 Å². The number of rotatable bonds is 4. The Morgan fingerprint density at radius 3 is 2.57 bits per heavy atom. The summed E-state index contributed by atoms with van der Waals surface area (Å²) in [5.41, 5.74) is -0.391. The summed E-state index contributed by atoms with van der Waals surface area (Å²) >= 11 is 11.4. The van der Waals surface area contributed by atoms with E-state index in [4.69, 9.17) is 28.3 Å². The molecule has 2 rings (SSSR count). The van der Waals surface area contributed by atoms with Crippen molar-refractivity contribution in [3.05, 3.63) is 52.3 Å². The fourth-order valence-electron chi connectivity index (χ4n) is 1.55. The van der Waals surface area contributed by atoms with Crippen molar-refractivity contribution in [2.75, 3.05) is 4.72 Å². The third-order valence-electron chi connectivity index (χ3n) is 2.47. The second-order valence-corrected chi connectivity index (χ2v) is 6.34. The van der Waals surface area contributed by atoms with Gasteiger partial charge in [-0.25, -0.2) is 18.2 Å². The van der Waals surface area contributed by atoms with Crippen molar-refractivity contribution in [3.8, 4) is 0 Å². The van der Waals surface area contributed by atoms with Gasteiger partial charge in [-0.2, -0.15) is 0 Å². The van der Waals surface area contributed by atoms with Crippen molar-refractivity contribution in [3.63, 3.8) is 0 Å². The summed E-state index contributed by atoms with van der Waals surface area (Å²) < 4.78 is 26.6. The molecule has 0 saturated carbocycles. The van der Waals surface area contributed by atoms with Gasteiger partial charge in [0.05, 0.1) is 11.3 Å². The van der Waals surface area contributed by atoms with E-state index in [1.54, 1.807) is 0 Å². The number of sulfonamides is 1. The number of hydrogen-bond acceptors (Lipinski definition) is 4. The molecule has 6 nitrogen and oxygen atoms in total. The zero-order chi connectivity index (χ0) is 15.6. The number of hydrogen-bond donors (Lipinski definition) is 2. The predicted molar refractivity (Wildman–Crippen MR) is 78.5 cm³/mol. The van der Waals surface area contributed by atoms with Crippen molar-refractivity contribution >= 4 is 44.9 Å².